The normalized spacial score (nSPS) is 10.9. The van der Waals surface area contributed by atoms with Crippen molar-refractivity contribution in [2.24, 2.45) is 10.7 Å². The van der Waals surface area contributed by atoms with E-state index in [0.717, 1.165) is 30.2 Å². The first-order chi connectivity index (χ1) is 12.7. The lowest BCUT2D eigenvalue weighted by atomic mass is 10.1. The summed E-state index contributed by atoms with van der Waals surface area (Å²) in [5.41, 5.74) is 8.14. The van der Waals surface area contributed by atoms with E-state index in [9.17, 15) is 0 Å². The van der Waals surface area contributed by atoms with Gasteiger partial charge in [-0.15, -0.1) is 24.0 Å². The van der Waals surface area contributed by atoms with Gasteiger partial charge in [0.25, 0.3) is 0 Å². The molecule has 3 rings (SSSR count). The maximum atomic E-state index is 5.98. The molecule has 1 heterocycles. The molecule has 0 spiro atoms. The smallest absolute Gasteiger partial charge is 0.193 e. The molecule has 3 aromatic rings. The fraction of sp³-hybridized carbons (Fsp3) is 0.200. The zero-order valence-electron chi connectivity index (χ0n) is 15.2. The lowest BCUT2D eigenvalue weighted by molar-refractivity contribution is 0.415. The predicted octanol–water partition coefficient (Wildman–Crippen LogP) is 3.68. The molecule has 27 heavy (non-hydrogen) atoms. The average molecular weight is 477 g/mol. The maximum Gasteiger partial charge on any atom is 0.193 e. The summed E-state index contributed by atoms with van der Waals surface area (Å²) in [5, 5.41) is 3.07. The Balaban J connectivity index is 0.00000261. The zero-order chi connectivity index (χ0) is 18.2. The average Bonchev–Trinajstić information content (AvgIpc) is 3.13. The first kappa shape index (κ1) is 20.8. The standard InChI is InChI=1S/C20H23N5O.HI/c1-26-18-9-7-17(8-10-18)24-20(21)23-15-19-22-12-14-25(19)13-11-16-5-3-2-4-6-16;/h2-10,12,14H,11,13,15H2,1H3,(H3,21,23,24);1H. The highest BCUT2D eigenvalue weighted by molar-refractivity contribution is 14.0. The van der Waals surface area contributed by atoms with Crippen LogP contribution in [-0.4, -0.2) is 22.6 Å². The molecule has 0 aliphatic carbocycles. The molecule has 0 bridgehead atoms. The minimum Gasteiger partial charge on any atom is -0.497 e. The van der Waals surface area contributed by atoms with Crippen molar-refractivity contribution in [3.63, 3.8) is 0 Å². The number of nitrogens with zero attached hydrogens (tertiary/aromatic N) is 3. The molecule has 3 N–H and O–H groups in total. The van der Waals surface area contributed by atoms with Gasteiger partial charge in [-0.05, 0) is 36.2 Å². The summed E-state index contributed by atoms with van der Waals surface area (Å²) < 4.78 is 7.25. The van der Waals surface area contributed by atoms with Gasteiger partial charge in [0.2, 0.25) is 0 Å². The van der Waals surface area contributed by atoms with E-state index >= 15 is 0 Å². The number of nitrogens with one attached hydrogen (secondary N) is 1. The van der Waals surface area contributed by atoms with E-state index in [1.165, 1.54) is 5.56 Å². The Morgan fingerprint density at radius 1 is 1.15 bits per heavy atom. The van der Waals surface area contributed by atoms with E-state index in [2.05, 4.69) is 44.1 Å². The van der Waals surface area contributed by atoms with Crippen LogP contribution in [0.1, 0.15) is 11.4 Å². The van der Waals surface area contributed by atoms with Gasteiger partial charge in [0.05, 0.1) is 7.11 Å². The number of ether oxygens (including phenoxy) is 1. The quantitative estimate of drug-likeness (QED) is 0.309. The topological polar surface area (TPSA) is 77.5 Å². The second-order valence-electron chi connectivity index (χ2n) is 5.83. The molecule has 0 atom stereocenters. The third-order valence-corrected chi connectivity index (χ3v) is 4.04. The Hall–Kier alpha value is -2.55. The Labute approximate surface area is 176 Å². The first-order valence-corrected chi connectivity index (χ1v) is 8.49. The van der Waals surface area contributed by atoms with Crippen molar-refractivity contribution in [1.29, 1.82) is 0 Å². The van der Waals surface area contributed by atoms with Gasteiger partial charge in [-0.2, -0.15) is 0 Å². The van der Waals surface area contributed by atoms with Crippen LogP contribution in [0.25, 0.3) is 0 Å². The van der Waals surface area contributed by atoms with Crippen molar-refractivity contribution in [2.45, 2.75) is 19.5 Å². The molecule has 0 fully saturated rings. The highest BCUT2D eigenvalue weighted by Crippen LogP contribution is 2.14. The number of aryl methyl sites for hydroxylation is 2. The number of rotatable bonds is 7. The van der Waals surface area contributed by atoms with Crippen LogP contribution >= 0.6 is 24.0 Å². The maximum absolute atomic E-state index is 5.98. The molecule has 0 aliphatic heterocycles. The third kappa shape index (κ3) is 6.28. The van der Waals surface area contributed by atoms with Crippen molar-refractivity contribution in [2.75, 3.05) is 12.4 Å². The van der Waals surface area contributed by atoms with Crippen molar-refractivity contribution in [1.82, 2.24) is 9.55 Å². The molecule has 6 nitrogen and oxygen atoms in total. The molecule has 142 valence electrons. The summed E-state index contributed by atoms with van der Waals surface area (Å²) >= 11 is 0. The van der Waals surface area contributed by atoms with E-state index < -0.39 is 0 Å². The molecule has 2 aromatic carbocycles. The number of aliphatic imine (C=N–C) groups is 1. The van der Waals surface area contributed by atoms with Crippen LogP contribution in [0.15, 0.2) is 72.0 Å². The van der Waals surface area contributed by atoms with E-state index in [-0.39, 0.29) is 24.0 Å². The third-order valence-electron chi connectivity index (χ3n) is 4.04. The van der Waals surface area contributed by atoms with Crippen molar-refractivity contribution >= 4 is 35.6 Å². The number of halogens is 1. The van der Waals surface area contributed by atoms with E-state index in [1.807, 2.05) is 36.5 Å². The fourth-order valence-electron chi connectivity index (χ4n) is 2.61. The molecule has 0 amide bonds. The van der Waals surface area contributed by atoms with Crippen LogP contribution in [0.3, 0.4) is 0 Å². The number of hydrogen-bond donors (Lipinski definition) is 2. The van der Waals surface area contributed by atoms with Crippen LogP contribution in [0.2, 0.25) is 0 Å². The Kier molecular flexibility index (Phi) is 8.12. The number of nitrogens with two attached hydrogens (primary N) is 1. The summed E-state index contributed by atoms with van der Waals surface area (Å²) in [6.07, 6.45) is 4.72. The van der Waals surface area contributed by atoms with Crippen LogP contribution in [0, 0.1) is 0 Å². The Bertz CT molecular complexity index is 846. The number of imidazole rings is 1. The molecule has 7 heteroatoms. The van der Waals surface area contributed by atoms with Gasteiger partial charge in [-0.3, -0.25) is 0 Å². The zero-order valence-corrected chi connectivity index (χ0v) is 17.5. The van der Waals surface area contributed by atoms with E-state index in [0.29, 0.717) is 12.5 Å². The minimum atomic E-state index is 0. The monoisotopic (exact) mass is 477 g/mol. The molecule has 0 aliphatic rings. The molecule has 1 aromatic heterocycles. The number of methoxy groups -OCH3 is 1. The summed E-state index contributed by atoms with van der Waals surface area (Å²) in [5.74, 6) is 2.04. The Morgan fingerprint density at radius 2 is 1.89 bits per heavy atom. The summed E-state index contributed by atoms with van der Waals surface area (Å²) in [6.45, 7) is 1.29. The lowest BCUT2D eigenvalue weighted by Gasteiger charge is -2.08. The van der Waals surface area contributed by atoms with Gasteiger partial charge in [-0.25, -0.2) is 9.98 Å². The molecule has 0 unspecified atom stereocenters. The van der Waals surface area contributed by atoms with Crippen molar-refractivity contribution < 1.29 is 4.74 Å². The highest BCUT2D eigenvalue weighted by atomic mass is 127. The van der Waals surface area contributed by atoms with E-state index in [4.69, 9.17) is 10.5 Å². The Morgan fingerprint density at radius 3 is 2.59 bits per heavy atom. The molecular formula is C20H24IN5O. The second kappa shape index (κ2) is 10.6. The van der Waals surface area contributed by atoms with Gasteiger partial charge in [0.15, 0.2) is 5.96 Å². The van der Waals surface area contributed by atoms with Crippen LogP contribution in [0.5, 0.6) is 5.75 Å². The summed E-state index contributed by atoms with van der Waals surface area (Å²) in [4.78, 5) is 8.78. The number of aromatic nitrogens is 2. The first-order valence-electron chi connectivity index (χ1n) is 8.49. The largest absolute Gasteiger partial charge is 0.497 e. The van der Waals surface area contributed by atoms with Crippen LogP contribution < -0.4 is 15.8 Å². The number of benzene rings is 2. The van der Waals surface area contributed by atoms with Gasteiger partial charge in [-0.1, -0.05) is 30.3 Å². The highest BCUT2D eigenvalue weighted by Gasteiger charge is 2.03. The fourth-order valence-corrected chi connectivity index (χ4v) is 2.61. The summed E-state index contributed by atoms with van der Waals surface area (Å²) in [6, 6.07) is 17.9. The molecular weight excluding hydrogens is 453 g/mol. The van der Waals surface area contributed by atoms with Gasteiger partial charge >= 0.3 is 0 Å². The predicted molar refractivity (Wildman–Crippen MR) is 120 cm³/mol. The van der Waals surface area contributed by atoms with Gasteiger partial charge < -0.3 is 20.4 Å². The van der Waals surface area contributed by atoms with E-state index in [1.54, 1.807) is 13.3 Å². The van der Waals surface area contributed by atoms with Gasteiger partial charge in [0.1, 0.15) is 18.1 Å². The van der Waals surface area contributed by atoms with Crippen molar-refractivity contribution in [3.05, 3.63) is 78.4 Å². The van der Waals surface area contributed by atoms with Gasteiger partial charge in [0, 0.05) is 24.6 Å². The number of anilines is 1. The number of guanidine groups is 1. The minimum absolute atomic E-state index is 0. The lowest BCUT2D eigenvalue weighted by Crippen LogP contribution is -2.22. The second-order valence-corrected chi connectivity index (χ2v) is 5.83. The molecule has 0 radical (unpaired) electrons. The number of hydrogen-bond acceptors (Lipinski definition) is 3. The molecule has 0 saturated heterocycles. The van der Waals surface area contributed by atoms with Crippen LogP contribution in [-0.2, 0) is 19.5 Å². The van der Waals surface area contributed by atoms with Crippen LogP contribution in [0.4, 0.5) is 5.69 Å². The summed E-state index contributed by atoms with van der Waals surface area (Å²) in [7, 11) is 1.64. The molecule has 0 saturated carbocycles. The van der Waals surface area contributed by atoms with Crippen molar-refractivity contribution in [3.8, 4) is 5.75 Å². The SMILES string of the molecule is COc1ccc(NC(N)=NCc2nccn2CCc2ccccc2)cc1.I.